The molecule has 3 aliphatic rings. The molecule has 6 rings (SSSR count). The summed E-state index contributed by atoms with van der Waals surface area (Å²) in [5.74, 6) is -1.10. The number of carbonyl (C=O) groups excluding carboxylic acids is 2. The molecule has 3 nitrogen and oxygen atoms in total. The first-order chi connectivity index (χ1) is 14.2. The first-order valence-electron chi connectivity index (χ1n) is 9.98. The maximum absolute atomic E-state index is 10.8. The Morgan fingerprint density at radius 1 is 0.621 bits per heavy atom. The standard InChI is InChI=1S/C18H16.C8H4O3/c1-3-7-15-13(5-1)9-11-18-16-8-4-2-6-14(16)10-12-17(15)18;9-7-5-3-1-2-4-6(5)8(10)11-7/h1,3,5,7-8,10-12H,2,4,6,9H2;1-4H. The molecule has 0 bridgehead atoms. The van der Waals surface area contributed by atoms with Crippen molar-refractivity contribution in [1.29, 1.82) is 0 Å². The van der Waals surface area contributed by atoms with Crippen molar-refractivity contribution >= 4 is 24.1 Å². The summed E-state index contributed by atoms with van der Waals surface area (Å²) in [6, 6.07) is 20.0. The SMILES string of the molecule is C1=c2c(ccc3c2=CCc2ccccc2-3)CCC1.O=C1OC(=O)c2ccccc21. The Labute approximate surface area is 169 Å². The highest BCUT2D eigenvalue weighted by atomic mass is 16.6. The van der Waals surface area contributed by atoms with Crippen molar-refractivity contribution in [1.82, 2.24) is 0 Å². The predicted molar refractivity (Wildman–Crippen MR) is 113 cm³/mol. The third kappa shape index (κ3) is 3.09. The highest BCUT2D eigenvalue weighted by molar-refractivity contribution is 6.14. The van der Waals surface area contributed by atoms with Crippen molar-refractivity contribution in [3.05, 3.63) is 93.4 Å². The number of benzene rings is 3. The van der Waals surface area contributed by atoms with Crippen molar-refractivity contribution in [2.24, 2.45) is 0 Å². The van der Waals surface area contributed by atoms with Crippen LogP contribution in [-0.4, -0.2) is 11.9 Å². The number of cyclic esters (lactones) is 2. The highest BCUT2D eigenvalue weighted by Crippen LogP contribution is 2.24. The van der Waals surface area contributed by atoms with Gasteiger partial charge in [-0.25, -0.2) is 9.59 Å². The molecule has 0 radical (unpaired) electrons. The van der Waals surface area contributed by atoms with Crippen LogP contribution in [0.3, 0.4) is 0 Å². The fourth-order valence-electron chi connectivity index (χ4n) is 4.34. The summed E-state index contributed by atoms with van der Waals surface area (Å²) in [7, 11) is 0. The van der Waals surface area contributed by atoms with Crippen LogP contribution < -0.4 is 10.4 Å². The Morgan fingerprint density at radius 2 is 1.31 bits per heavy atom. The number of carbonyl (C=O) groups is 2. The predicted octanol–water partition coefficient (Wildman–Crippen LogP) is 3.80. The molecule has 0 unspecified atom stereocenters. The summed E-state index contributed by atoms with van der Waals surface area (Å²) in [5.41, 5.74) is 6.57. The number of hydrogen-bond donors (Lipinski definition) is 0. The summed E-state index contributed by atoms with van der Waals surface area (Å²) < 4.78 is 4.35. The van der Waals surface area contributed by atoms with Crippen molar-refractivity contribution in [2.45, 2.75) is 25.7 Å². The van der Waals surface area contributed by atoms with Crippen LogP contribution in [0.4, 0.5) is 0 Å². The van der Waals surface area contributed by atoms with Gasteiger partial charge < -0.3 is 4.74 Å². The van der Waals surface area contributed by atoms with Gasteiger partial charge in [0, 0.05) is 0 Å². The molecule has 1 heterocycles. The molecule has 0 N–H and O–H groups in total. The molecule has 0 fully saturated rings. The molecule has 0 saturated heterocycles. The zero-order valence-corrected chi connectivity index (χ0v) is 16.0. The van der Waals surface area contributed by atoms with Crippen LogP contribution in [0.2, 0.25) is 0 Å². The summed E-state index contributed by atoms with van der Waals surface area (Å²) in [5, 5.41) is 2.99. The lowest BCUT2D eigenvalue weighted by molar-refractivity contribution is 0.0444. The molecule has 3 heteroatoms. The van der Waals surface area contributed by atoms with E-state index in [0.29, 0.717) is 11.1 Å². The van der Waals surface area contributed by atoms with Crippen molar-refractivity contribution in [2.75, 3.05) is 0 Å². The monoisotopic (exact) mass is 380 g/mol. The largest absolute Gasteiger partial charge is 0.386 e. The summed E-state index contributed by atoms with van der Waals surface area (Å²) in [4.78, 5) is 21.7. The average molecular weight is 380 g/mol. The molecular weight excluding hydrogens is 360 g/mol. The number of fused-ring (bicyclic) bond motifs is 6. The quantitative estimate of drug-likeness (QED) is 0.440. The van der Waals surface area contributed by atoms with Gasteiger partial charge in [0.25, 0.3) is 0 Å². The molecule has 0 saturated carbocycles. The van der Waals surface area contributed by atoms with Crippen LogP contribution in [0, 0.1) is 0 Å². The second kappa shape index (κ2) is 7.17. The van der Waals surface area contributed by atoms with Crippen LogP contribution in [0.1, 0.15) is 44.7 Å². The van der Waals surface area contributed by atoms with E-state index in [0.717, 1.165) is 6.42 Å². The van der Waals surface area contributed by atoms with Crippen LogP contribution in [0.25, 0.3) is 23.3 Å². The molecule has 0 atom stereocenters. The van der Waals surface area contributed by atoms with E-state index in [2.05, 4.69) is 53.3 Å². The second-order valence-electron chi connectivity index (χ2n) is 7.48. The minimum Gasteiger partial charge on any atom is -0.386 e. The molecule has 29 heavy (non-hydrogen) atoms. The molecule has 1 aliphatic heterocycles. The topological polar surface area (TPSA) is 43.4 Å². The van der Waals surface area contributed by atoms with Gasteiger partial charge in [0.05, 0.1) is 11.1 Å². The van der Waals surface area contributed by atoms with Gasteiger partial charge in [-0.15, -0.1) is 0 Å². The van der Waals surface area contributed by atoms with Gasteiger partial charge in [0.1, 0.15) is 0 Å². The lowest BCUT2D eigenvalue weighted by Crippen LogP contribution is -2.33. The molecule has 3 aromatic rings. The molecule has 2 aliphatic carbocycles. The van der Waals surface area contributed by atoms with E-state index >= 15 is 0 Å². The smallest absolute Gasteiger partial charge is 0.346 e. The van der Waals surface area contributed by atoms with E-state index in [4.69, 9.17) is 0 Å². The third-order valence-electron chi connectivity index (χ3n) is 5.76. The van der Waals surface area contributed by atoms with E-state index < -0.39 is 11.9 Å². The van der Waals surface area contributed by atoms with Gasteiger partial charge in [-0.1, -0.05) is 60.7 Å². The zero-order chi connectivity index (χ0) is 19.8. The zero-order valence-electron chi connectivity index (χ0n) is 16.0. The lowest BCUT2D eigenvalue weighted by Gasteiger charge is -2.17. The third-order valence-corrected chi connectivity index (χ3v) is 5.76. The molecule has 0 aromatic heterocycles. The van der Waals surface area contributed by atoms with Gasteiger partial charge in [0.15, 0.2) is 0 Å². The Balaban J connectivity index is 0.000000142. The summed E-state index contributed by atoms with van der Waals surface area (Å²) in [6.45, 7) is 0. The Morgan fingerprint density at radius 3 is 2.07 bits per heavy atom. The van der Waals surface area contributed by atoms with Crippen LogP contribution in [0.5, 0.6) is 0 Å². The van der Waals surface area contributed by atoms with E-state index in [1.54, 1.807) is 24.3 Å². The van der Waals surface area contributed by atoms with Gasteiger partial charge >= 0.3 is 11.9 Å². The first kappa shape index (κ1) is 17.6. The van der Waals surface area contributed by atoms with Gasteiger partial charge in [-0.2, -0.15) is 0 Å². The second-order valence-corrected chi connectivity index (χ2v) is 7.48. The minimum absolute atomic E-state index is 0.359. The van der Waals surface area contributed by atoms with Gasteiger partial charge in [0.2, 0.25) is 0 Å². The van der Waals surface area contributed by atoms with Crippen LogP contribution in [-0.2, 0) is 17.6 Å². The maximum atomic E-state index is 10.8. The van der Waals surface area contributed by atoms with E-state index in [1.807, 2.05) is 0 Å². The number of esters is 2. The Kier molecular flexibility index (Phi) is 4.36. The number of aryl methyl sites for hydroxylation is 1. The van der Waals surface area contributed by atoms with Crippen molar-refractivity contribution in [3.63, 3.8) is 0 Å². The van der Waals surface area contributed by atoms with Gasteiger partial charge in [-0.05, 0) is 70.5 Å². The maximum Gasteiger partial charge on any atom is 0.346 e. The summed E-state index contributed by atoms with van der Waals surface area (Å²) >= 11 is 0. The van der Waals surface area contributed by atoms with Crippen LogP contribution >= 0.6 is 0 Å². The van der Waals surface area contributed by atoms with E-state index in [-0.39, 0.29) is 0 Å². The van der Waals surface area contributed by atoms with E-state index in [1.165, 1.54) is 52.0 Å². The van der Waals surface area contributed by atoms with Crippen molar-refractivity contribution in [3.8, 4) is 11.1 Å². The molecular formula is C26H20O3. The number of hydrogen-bond acceptors (Lipinski definition) is 3. The fraction of sp³-hybridized carbons (Fsp3) is 0.154. The molecule has 3 aromatic carbocycles. The van der Waals surface area contributed by atoms with Crippen LogP contribution in [0.15, 0.2) is 60.7 Å². The lowest BCUT2D eigenvalue weighted by atomic mass is 9.87. The first-order valence-corrected chi connectivity index (χ1v) is 9.98. The Bertz CT molecular complexity index is 1230. The normalized spacial score (nSPS) is 15.3. The Hall–Kier alpha value is -3.46. The number of ether oxygens (including phenoxy) is 1. The molecule has 142 valence electrons. The minimum atomic E-state index is -0.550. The molecule has 0 amide bonds. The summed E-state index contributed by atoms with van der Waals surface area (Å²) in [6.07, 6.45) is 9.71. The molecule has 0 spiro atoms. The highest BCUT2D eigenvalue weighted by Gasteiger charge is 2.28. The average Bonchev–Trinajstić information content (AvgIpc) is 3.07. The fourth-order valence-corrected chi connectivity index (χ4v) is 4.34. The number of rotatable bonds is 0. The van der Waals surface area contributed by atoms with E-state index in [9.17, 15) is 9.59 Å². The van der Waals surface area contributed by atoms with Gasteiger partial charge in [-0.3, -0.25) is 0 Å². The van der Waals surface area contributed by atoms with Crippen molar-refractivity contribution < 1.29 is 14.3 Å².